The van der Waals surface area contributed by atoms with Gasteiger partial charge in [-0.2, -0.15) is 5.26 Å². The third-order valence-electron chi connectivity index (χ3n) is 4.34. The number of ether oxygens (including phenoxy) is 3. The minimum Gasteiger partial charge on any atom is -0.465 e. The van der Waals surface area contributed by atoms with Crippen LogP contribution in [0.2, 0.25) is 10.0 Å². The van der Waals surface area contributed by atoms with Crippen LogP contribution in [0.15, 0.2) is 35.3 Å². The van der Waals surface area contributed by atoms with Gasteiger partial charge in [-0.3, -0.25) is 19.7 Å². The molecule has 1 aromatic carbocycles. The number of amides is 2. The molecule has 0 aliphatic rings. The quantitative estimate of drug-likeness (QED) is 0.340. The number of hydrogen-bond acceptors (Lipinski definition) is 10. The standard InChI is InChI=1S/C22H23Cl2N5O7/c1-4-34-19(31)12-29-11-14(6-7-18(29)30)36-20-15(23)8-13(9-16(20)24)27-28(3)17(10-25)21(32)26-22(33)35-5-2/h6-9,11,17,27H,4-5,12H2,1-3H3,(H,26,32,33). The number of imide groups is 1. The van der Waals surface area contributed by atoms with Crippen LogP contribution < -0.4 is 21.0 Å². The van der Waals surface area contributed by atoms with Gasteiger partial charge in [0.2, 0.25) is 0 Å². The number of hydrazine groups is 1. The van der Waals surface area contributed by atoms with E-state index in [2.05, 4.69) is 10.2 Å². The van der Waals surface area contributed by atoms with Crippen molar-refractivity contribution in [3.05, 3.63) is 50.9 Å². The third-order valence-corrected chi connectivity index (χ3v) is 4.90. The molecule has 0 radical (unpaired) electrons. The molecule has 0 saturated heterocycles. The molecule has 0 fully saturated rings. The van der Waals surface area contributed by atoms with Gasteiger partial charge in [0, 0.05) is 13.1 Å². The molecule has 1 aromatic heterocycles. The lowest BCUT2D eigenvalue weighted by atomic mass is 10.3. The Balaban J connectivity index is 2.17. The number of nitrogens with zero attached hydrogens (tertiary/aromatic N) is 3. The molecule has 2 rings (SSSR count). The highest BCUT2D eigenvalue weighted by Crippen LogP contribution is 2.38. The second-order valence-electron chi connectivity index (χ2n) is 6.97. The van der Waals surface area contributed by atoms with E-state index in [-0.39, 0.29) is 41.3 Å². The van der Waals surface area contributed by atoms with Gasteiger partial charge in [-0.15, -0.1) is 0 Å². The van der Waals surface area contributed by atoms with Crippen LogP contribution >= 0.6 is 23.2 Å². The van der Waals surface area contributed by atoms with Gasteiger partial charge in [-0.05, 0) is 32.0 Å². The summed E-state index contributed by atoms with van der Waals surface area (Å²) in [4.78, 5) is 47.4. The molecule has 192 valence electrons. The lowest BCUT2D eigenvalue weighted by Gasteiger charge is -2.23. The highest BCUT2D eigenvalue weighted by Gasteiger charge is 2.26. The van der Waals surface area contributed by atoms with Gasteiger partial charge in [-0.25, -0.2) is 9.80 Å². The van der Waals surface area contributed by atoms with E-state index < -0.39 is 29.6 Å². The first-order chi connectivity index (χ1) is 17.1. The number of likely N-dealkylation sites (N-methyl/N-ethyl adjacent to an activating group) is 1. The van der Waals surface area contributed by atoms with Gasteiger partial charge in [0.25, 0.3) is 11.5 Å². The largest absolute Gasteiger partial charge is 0.465 e. The maximum absolute atomic E-state index is 12.2. The number of esters is 1. The summed E-state index contributed by atoms with van der Waals surface area (Å²) < 4.78 is 16.3. The van der Waals surface area contributed by atoms with Crippen LogP contribution in [-0.4, -0.2) is 53.8 Å². The van der Waals surface area contributed by atoms with E-state index >= 15 is 0 Å². The molecule has 2 N–H and O–H groups in total. The third kappa shape index (κ3) is 7.88. The number of carbonyl (C=O) groups is 3. The Morgan fingerprint density at radius 2 is 1.78 bits per heavy atom. The Morgan fingerprint density at radius 1 is 1.14 bits per heavy atom. The highest BCUT2D eigenvalue weighted by molar-refractivity contribution is 6.37. The molecule has 1 unspecified atom stereocenters. The number of benzene rings is 1. The molecular weight excluding hydrogens is 517 g/mol. The Labute approximate surface area is 216 Å². The van der Waals surface area contributed by atoms with Crippen molar-refractivity contribution >= 4 is 46.9 Å². The second kappa shape index (κ2) is 13.3. The van der Waals surface area contributed by atoms with Crippen LogP contribution in [0.5, 0.6) is 11.5 Å². The summed E-state index contributed by atoms with van der Waals surface area (Å²) in [6, 6.07) is 5.81. The summed E-state index contributed by atoms with van der Waals surface area (Å²) >= 11 is 12.7. The van der Waals surface area contributed by atoms with Gasteiger partial charge >= 0.3 is 12.1 Å². The van der Waals surface area contributed by atoms with Crippen LogP contribution in [0.25, 0.3) is 0 Å². The van der Waals surface area contributed by atoms with Crippen molar-refractivity contribution in [2.45, 2.75) is 26.4 Å². The van der Waals surface area contributed by atoms with Crippen LogP contribution in [0.1, 0.15) is 13.8 Å². The lowest BCUT2D eigenvalue weighted by molar-refractivity contribution is -0.143. The Hall–Kier alpha value is -3.79. The lowest BCUT2D eigenvalue weighted by Crippen LogP contribution is -2.48. The second-order valence-corrected chi connectivity index (χ2v) is 7.79. The Kier molecular flexibility index (Phi) is 10.5. The number of nitrogens with one attached hydrogen (secondary N) is 2. The van der Waals surface area contributed by atoms with Gasteiger partial charge in [0.1, 0.15) is 12.3 Å². The molecule has 14 heteroatoms. The SMILES string of the molecule is CCOC(=O)Cn1cc(Oc2c(Cl)cc(NN(C)C(C#N)C(=O)NC(=O)OCC)cc2Cl)ccc1=O. The van der Waals surface area contributed by atoms with E-state index in [9.17, 15) is 24.4 Å². The van der Waals surface area contributed by atoms with E-state index in [1.807, 2.05) is 5.32 Å². The minimum atomic E-state index is -1.40. The molecule has 36 heavy (non-hydrogen) atoms. The predicted molar refractivity (Wildman–Crippen MR) is 130 cm³/mol. The monoisotopic (exact) mass is 539 g/mol. The average Bonchev–Trinajstić information content (AvgIpc) is 2.79. The zero-order valence-corrected chi connectivity index (χ0v) is 21.1. The summed E-state index contributed by atoms with van der Waals surface area (Å²) in [6.45, 7) is 3.15. The Morgan fingerprint density at radius 3 is 2.36 bits per heavy atom. The van der Waals surface area contributed by atoms with E-state index in [4.69, 9.17) is 32.7 Å². The maximum atomic E-state index is 12.2. The fourth-order valence-corrected chi connectivity index (χ4v) is 3.37. The van der Waals surface area contributed by atoms with E-state index in [0.717, 1.165) is 9.58 Å². The van der Waals surface area contributed by atoms with Gasteiger partial charge in [-0.1, -0.05) is 23.2 Å². The number of carbonyl (C=O) groups excluding carboxylic acids is 3. The number of nitriles is 1. The first-order valence-corrected chi connectivity index (χ1v) is 11.2. The van der Waals surface area contributed by atoms with Gasteiger partial charge in [0.05, 0.1) is 41.2 Å². The summed E-state index contributed by atoms with van der Waals surface area (Å²) in [6.07, 6.45) is 0.336. The highest BCUT2D eigenvalue weighted by atomic mass is 35.5. The van der Waals surface area contributed by atoms with Gasteiger partial charge < -0.3 is 24.2 Å². The van der Waals surface area contributed by atoms with Crippen molar-refractivity contribution in [2.75, 3.05) is 25.7 Å². The number of anilines is 1. The fourth-order valence-electron chi connectivity index (χ4n) is 2.80. The molecule has 2 amide bonds. The molecule has 1 atom stereocenters. The molecule has 12 nitrogen and oxygen atoms in total. The van der Waals surface area contributed by atoms with Crippen LogP contribution in [-0.2, 0) is 25.6 Å². The summed E-state index contributed by atoms with van der Waals surface area (Å²) in [5.41, 5.74) is 2.64. The summed E-state index contributed by atoms with van der Waals surface area (Å²) in [5.74, 6) is -1.24. The molecule has 0 saturated carbocycles. The van der Waals surface area contributed by atoms with Crippen molar-refractivity contribution in [1.82, 2.24) is 14.9 Å². The summed E-state index contributed by atoms with van der Waals surface area (Å²) in [7, 11) is 1.40. The topological polar surface area (TPSA) is 152 Å². The predicted octanol–water partition coefficient (Wildman–Crippen LogP) is 2.93. The first-order valence-electron chi connectivity index (χ1n) is 10.5. The van der Waals surface area contributed by atoms with Crippen LogP contribution in [0, 0.1) is 11.3 Å². The fraction of sp³-hybridized carbons (Fsp3) is 0.318. The number of alkyl carbamates (subject to hydrolysis) is 1. The van der Waals surface area contributed by atoms with Crippen LogP contribution in [0.3, 0.4) is 0 Å². The van der Waals surface area contributed by atoms with Crippen molar-refractivity contribution in [3.63, 3.8) is 0 Å². The molecule has 0 aliphatic heterocycles. The number of aromatic nitrogens is 1. The van der Waals surface area contributed by atoms with E-state index in [0.29, 0.717) is 5.69 Å². The number of pyridine rings is 1. The normalized spacial score (nSPS) is 11.2. The zero-order valence-electron chi connectivity index (χ0n) is 19.5. The van der Waals surface area contributed by atoms with Crippen molar-refractivity contribution in [1.29, 1.82) is 5.26 Å². The first kappa shape index (κ1) is 28.4. The molecule has 0 bridgehead atoms. The molecule has 1 heterocycles. The van der Waals surface area contributed by atoms with E-state index in [1.165, 1.54) is 37.5 Å². The van der Waals surface area contributed by atoms with Crippen molar-refractivity contribution in [2.24, 2.45) is 0 Å². The number of halogens is 2. The zero-order chi connectivity index (χ0) is 26.8. The number of rotatable bonds is 10. The van der Waals surface area contributed by atoms with Crippen LogP contribution in [0.4, 0.5) is 10.5 Å². The van der Waals surface area contributed by atoms with Crippen molar-refractivity contribution < 1.29 is 28.6 Å². The summed E-state index contributed by atoms with van der Waals surface area (Å²) in [5, 5.41) is 12.6. The van der Waals surface area contributed by atoms with E-state index in [1.54, 1.807) is 19.9 Å². The Bertz CT molecular complexity index is 1200. The van der Waals surface area contributed by atoms with Gasteiger partial charge in [0.15, 0.2) is 11.8 Å². The molecule has 0 aliphatic carbocycles. The smallest absolute Gasteiger partial charge is 0.413 e. The van der Waals surface area contributed by atoms with Crippen molar-refractivity contribution in [3.8, 4) is 17.6 Å². The molecular formula is C22H23Cl2N5O7. The maximum Gasteiger partial charge on any atom is 0.413 e. The number of hydrogen-bond donors (Lipinski definition) is 2. The molecule has 2 aromatic rings. The average molecular weight is 540 g/mol. The minimum absolute atomic E-state index is 0.0578. The molecule has 0 spiro atoms.